The van der Waals surface area contributed by atoms with Crippen LogP contribution in [-0.2, 0) is 4.79 Å². The standard InChI is InChI=1S/C14H23N3O/c15-10-6-2-5-9-14(18)17-13(11-16)12-7-3-1-4-8-12/h1,3-4,7-8,13H,2,5-6,9-11,15-16H2,(H,17,18). The number of carbonyl (C=O) groups is 1. The molecule has 1 amide bonds. The van der Waals surface area contributed by atoms with Gasteiger partial charge in [0.1, 0.15) is 0 Å². The SMILES string of the molecule is NCCCCCC(=O)NC(CN)c1ccccc1. The highest BCUT2D eigenvalue weighted by Gasteiger charge is 2.11. The Morgan fingerprint density at radius 3 is 2.44 bits per heavy atom. The van der Waals surface area contributed by atoms with Crippen molar-refractivity contribution in [1.29, 1.82) is 0 Å². The molecule has 5 N–H and O–H groups in total. The van der Waals surface area contributed by atoms with Gasteiger partial charge in [0.25, 0.3) is 0 Å². The third kappa shape index (κ3) is 5.29. The topological polar surface area (TPSA) is 81.1 Å². The van der Waals surface area contributed by atoms with Gasteiger partial charge in [0.15, 0.2) is 0 Å². The van der Waals surface area contributed by atoms with Gasteiger partial charge in [0.2, 0.25) is 5.91 Å². The summed E-state index contributed by atoms with van der Waals surface area (Å²) < 4.78 is 0. The second-order valence-electron chi connectivity index (χ2n) is 4.37. The maximum absolute atomic E-state index is 11.8. The molecule has 4 heteroatoms. The Balaban J connectivity index is 2.37. The molecule has 0 spiro atoms. The first kappa shape index (κ1) is 14.7. The zero-order valence-corrected chi connectivity index (χ0v) is 10.8. The molecule has 1 atom stereocenters. The van der Waals surface area contributed by atoms with E-state index in [1.54, 1.807) is 0 Å². The van der Waals surface area contributed by atoms with Crippen LogP contribution in [0.25, 0.3) is 0 Å². The number of nitrogens with one attached hydrogen (secondary N) is 1. The fourth-order valence-corrected chi connectivity index (χ4v) is 1.84. The highest BCUT2D eigenvalue weighted by molar-refractivity contribution is 5.76. The average molecular weight is 249 g/mol. The molecule has 18 heavy (non-hydrogen) atoms. The summed E-state index contributed by atoms with van der Waals surface area (Å²) in [4.78, 5) is 11.8. The molecule has 0 bridgehead atoms. The lowest BCUT2D eigenvalue weighted by atomic mass is 10.1. The lowest BCUT2D eigenvalue weighted by Crippen LogP contribution is -2.33. The van der Waals surface area contributed by atoms with Crippen LogP contribution in [0, 0.1) is 0 Å². The van der Waals surface area contributed by atoms with Gasteiger partial charge in [0.05, 0.1) is 6.04 Å². The average Bonchev–Trinajstić information content (AvgIpc) is 2.42. The lowest BCUT2D eigenvalue weighted by Gasteiger charge is -2.17. The van der Waals surface area contributed by atoms with Gasteiger partial charge < -0.3 is 16.8 Å². The lowest BCUT2D eigenvalue weighted by molar-refractivity contribution is -0.121. The van der Waals surface area contributed by atoms with E-state index in [0.717, 1.165) is 24.8 Å². The summed E-state index contributed by atoms with van der Waals surface area (Å²) in [5.74, 6) is 0.0614. The molecule has 0 aliphatic carbocycles. The van der Waals surface area contributed by atoms with Crippen LogP contribution < -0.4 is 16.8 Å². The van der Waals surface area contributed by atoms with Gasteiger partial charge in [-0.05, 0) is 24.9 Å². The molecule has 100 valence electrons. The Bertz CT molecular complexity index is 340. The maximum atomic E-state index is 11.8. The van der Waals surface area contributed by atoms with E-state index in [-0.39, 0.29) is 11.9 Å². The van der Waals surface area contributed by atoms with Crippen molar-refractivity contribution < 1.29 is 4.79 Å². The number of unbranched alkanes of at least 4 members (excludes halogenated alkanes) is 2. The Morgan fingerprint density at radius 1 is 1.11 bits per heavy atom. The highest BCUT2D eigenvalue weighted by Crippen LogP contribution is 2.11. The van der Waals surface area contributed by atoms with Crippen LogP contribution in [0.15, 0.2) is 30.3 Å². The third-order valence-electron chi connectivity index (χ3n) is 2.88. The molecule has 0 heterocycles. The quantitative estimate of drug-likeness (QED) is 0.608. The van der Waals surface area contributed by atoms with Crippen molar-refractivity contribution >= 4 is 5.91 Å². The van der Waals surface area contributed by atoms with E-state index in [9.17, 15) is 4.79 Å². The van der Waals surface area contributed by atoms with Gasteiger partial charge in [-0.1, -0.05) is 36.8 Å². The Morgan fingerprint density at radius 2 is 1.83 bits per heavy atom. The van der Waals surface area contributed by atoms with Crippen molar-refractivity contribution in [3.05, 3.63) is 35.9 Å². The monoisotopic (exact) mass is 249 g/mol. The van der Waals surface area contributed by atoms with E-state index in [0.29, 0.717) is 19.5 Å². The molecule has 0 aromatic heterocycles. The molecule has 1 aromatic rings. The van der Waals surface area contributed by atoms with Crippen molar-refractivity contribution in [3.63, 3.8) is 0 Å². The van der Waals surface area contributed by atoms with E-state index in [2.05, 4.69) is 5.32 Å². The first-order chi connectivity index (χ1) is 8.77. The van der Waals surface area contributed by atoms with E-state index in [1.165, 1.54) is 0 Å². The second kappa shape index (κ2) is 8.66. The molecule has 0 aliphatic rings. The van der Waals surface area contributed by atoms with Gasteiger partial charge in [-0.25, -0.2) is 0 Å². The normalized spacial score (nSPS) is 12.1. The van der Waals surface area contributed by atoms with E-state index < -0.39 is 0 Å². The molecule has 1 aromatic carbocycles. The number of carbonyl (C=O) groups excluding carboxylic acids is 1. The van der Waals surface area contributed by atoms with Crippen molar-refractivity contribution in [2.75, 3.05) is 13.1 Å². The molecular formula is C14H23N3O. The van der Waals surface area contributed by atoms with E-state index in [1.807, 2.05) is 30.3 Å². The number of amides is 1. The van der Waals surface area contributed by atoms with Crippen LogP contribution in [0.4, 0.5) is 0 Å². The van der Waals surface area contributed by atoms with Crippen LogP contribution in [0.2, 0.25) is 0 Å². The van der Waals surface area contributed by atoms with Gasteiger partial charge >= 0.3 is 0 Å². The fourth-order valence-electron chi connectivity index (χ4n) is 1.84. The van der Waals surface area contributed by atoms with Crippen LogP contribution in [0.1, 0.15) is 37.3 Å². The predicted octanol–water partition coefficient (Wildman–Crippen LogP) is 1.32. The Kier molecular flexibility index (Phi) is 7.06. The minimum atomic E-state index is -0.0896. The number of hydrogen-bond acceptors (Lipinski definition) is 3. The van der Waals surface area contributed by atoms with Gasteiger partial charge in [0, 0.05) is 13.0 Å². The molecule has 0 saturated carbocycles. The second-order valence-corrected chi connectivity index (χ2v) is 4.37. The van der Waals surface area contributed by atoms with Gasteiger partial charge in [-0.3, -0.25) is 4.79 Å². The third-order valence-corrected chi connectivity index (χ3v) is 2.88. The predicted molar refractivity (Wildman–Crippen MR) is 73.9 cm³/mol. The van der Waals surface area contributed by atoms with Crippen LogP contribution in [0.5, 0.6) is 0 Å². The smallest absolute Gasteiger partial charge is 0.220 e. The zero-order valence-electron chi connectivity index (χ0n) is 10.8. The number of nitrogens with two attached hydrogens (primary N) is 2. The largest absolute Gasteiger partial charge is 0.348 e. The van der Waals surface area contributed by atoms with Crippen molar-refractivity contribution in [3.8, 4) is 0 Å². The van der Waals surface area contributed by atoms with Crippen LogP contribution >= 0.6 is 0 Å². The molecule has 0 aliphatic heterocycles. The molecule has 0 radical (unpaired) electrons. The summed E-state index contributed by atoms with van der Waals surface area (Å²) in [7, 11) is 0. The van der Waals surface area contributed by atoms with Crippen molar-refractivity contribution in [2.24, 2.45) is 11.5 Å². The maximum Gasteiger partial charge on any atom is 0.220 e. The van der Waals surface area contributed by atoms with E-state index in [4.69, 9.17) is 11.5 Å². The van der Waals surface area contributed by atoms with Gasteiger partial charge in [-0.15, -0.1) is 0 Å². The van der Waals surface area contributed by atoms with Crippen LogP contribution in [0.3, 0.4) is 0 Å². The molecule has 1 unspecified atom stereocenters. The minimum absolute atomic E-state index is 0.0614. The molecule has 0 saturated heterocycles. The highest BCUT2D eigenvalue weighted by atomic mass is 16.1. The van der Waals surface area contributed by atoms with Crippen molar-refractivity contribution in [1.82, 2.24) is 5.32 Å². The first-order valence-corrected chi connectivity index (χ1v) is 6.52. The van der Waals surface area contributed by atoms with Crippen molar-refractivity contribution in [2.45, 2.75) is 31.7 Å². The minimum Gasteiger partial charge on any atom is -0.348 e. The Labute approximate surface area is 109 Å². The summed E-state index contributed by atoms with van der Waals surface area (Å²) in [6.45, 7) is 1.11. The number of benzene rings is 1. The summed E-state index contributed by atoms with van der Waals surface area (Å²) in [6, 6.07) is 9.72. The summed E-state index contributed by atoms with van der Waals surface area (Å²) in [6.07, 6.45) is 3.41. The molecule has 1 rings (SSSR count). The molecular weight excluding hydrogens is 226 g/mol. The molecule has 4 nitrogen and oxygen atoms in total. The summed E-state index contributed by atoms with van der Waals surface area (Å²) >= 11 is 0. The molecule has 0 fully saturated rings. The number of rotatable bonds is 8. The van der Waals surface area contributed by atoms with Crippen LogP contribution in [-0.4, -0.2) is 19.0 Å². The summed E-state index contributed by atoms with van der Waals surface area (Å²) in [5, 5.41) is 2.96. The van der Waals surface area contributed by atoms with Gasteiger partial charge in [-0.2, -0.15) is 0 Å². The fraction of sp³-hybridized carbons (Fsp3) is 0.500. The number of hydrogen-bond donors (Lipinski definition) is 3. The summed E-state index contributed by atoms with van der Waals surface area (Å²) in [5.41, 5.74) is 12.2. The first-order valence-electron chi connectivity index (χ1n) is 6.52. The zero-order chi connectivity index (χ0) is 13.2. The van der Waals surface area contributed by atoms with E-state index >= 15 is 0 Å². The Hall–Kier alpha value is -1.39.